The fraction of sp³-hybridized carbons (Fsp3) is 0.472. The van der Waals surface area contributed by atoms with Crippen LogP contribution in [0, 0.1) is 56.7 Å². The van der Waals surface area contributed by atoms with Crippen molar-refractivity contribution in [2.75, 3.05) is 0 Å². The van der Waals surface area contributed by atoms with E-state index < -0.39 is 20.4 Å². The number of nitriles is 5. The molecule has 27 heteroatoms. The average Bonchev–Trinajstić information content (AvgIpc) is 3.39. The first-order valence-electron chi connectivity index (χ1n) is 25.5. The largest absolute Gasteiger partial charge is 1.00 e. The molecule has 0 saturated carbocycles. The first-order valence-corrected chi connectivity index (χ1v) is 28.4. The Balaban J connectivity index is 0. The molecule has 5 aliphatic carbocycles. The number of nitrogens with two attached hydrogens (primary N) is 4. The minimum absolute atomic E-state index is 0. The summed E-state index contributed by atoms with van der Waals surface area (Å²) in [6, 6.07) is 19.4. The van der Waals surface area contributed by atoms with Crippen LogP contribution < -0.4 is 107 Å². The third-order valence-electron chi connectivity index (χ3n) is 12.4. The number of rotatable bonds is 10. The van der Waals surface area contributed by atoms with E-state index in [4.69, 9.17) is 48.6 Å². The Morgan fingerprint density at radius 2 is 1.11 bits per heavy atom. The Morgan fingerprint density at radius 1 is 0.650 bits per heavy atom. The molecular weight excluding hydrogens is 1080 g/mol. The Hall–Kier alpha value is -5.96. The Labute approximate surface area is 516 Å². The number of unbranched alkanes of at least 4 members (excludes halogenated alkanes) is 4. The summed E-state index contributed by atoms with van der Waals surface area (Å²) in [6.45, 7) is 7.54. The van der Waals surface area contributed by atoms with Crippen LogP contribution in [0.3, 0.4) is 0 Å². The van der Waals surface area contributed by atoms with Crippen LogP contribution in [0.15, 0.2) is 121 Å². The van der Waals surface area contributed by atoms with Gasteiger partial charge in [-0.05, 0) is 153 Å². The van der Waals surface area contributed by atoms with E-state index in [9.17, 15) is 21.6 Å². The molecule has 2 heterocycles. The number of carbonyl (C=O) groups excluding carboxylic acids is 1. The van der Waals surface area contributed by atoms with Crippen LogP contribution in [-0.2, 0) is 20.4 Å². The van der Waals surface area contributed by atoms with Gasteiger partial charge in [0.1, 0.15) is 23.3 Å². The first kappa shape index (κ1) is 76.1. The third kappa shape index (κ3) is 29.0. The van der Waals surface area contributed by atoms with Crippen molar-refractivity contribution >= 4 is 38.0 Å². The molecule has 7 aliphatic rings. The van der Waals surface area contributed by atoms with Gasteiger partial charge in [0, 0.05) is 74.8 Å². The summed E-state index contributed by atoms with van der Waals surface area (Å²) >= 11 is 0. The van der Waals surface area contributed by atoms with E-state index in [1.807, 2.05) is 24.3 Å². The number of benzene rings is 1. The van der Waals surface area contributed by atoms with Crippen LogP contribution in [0.25, 0.3) is 0 Å². The maximum absolute atomic E-state index is 12.0. The number of amides is 1. The van der Waals surface area contributed by atoms with Gasteiger partial charge in [0.05, 0.1) is 30.3 Å². The van der Waals surface area contributed by atoms with Gasteiger partial charge in [-0.25, -0.2) is 10.1 Å². The molecular formula is C53H74N16Na2O7S2. The normalized spacial score (nSPS) is 17.3. The molecule has 0 unspecified atom stereocenters. The number of hydrogen-bond donors (Lipinski definition) is 9. The van der Waals surface area contributed by atoms with E-state index in [-0.39, 0.29) is 81.8 Å². The standard InChI is InChI=1S/C16H17N3O.C9H13N3.2C7H11N3O2S.2C7H10N2.2Na.2H2O/c1-12(18-15-10-6-5-9-14(15)11-17)19-16(20)13-7-3-2-4-8-13;1-6-11-8-5-3-2-4-7(8)9(10)12-6;8-7-5-3-1-2-4-6(5)9-13(11,12)10-7;8-5-6-3-1-2-4-7(6)10-13(9,11)12;8-5-6-3-1-2-4-7(6)9;8-6-4-2-1-3-5-7-9;;;;/h2-4,7-8,18H,1,5-6,9-10H2,(H,19,20);11H,1-5H2,(H2,10,12);9H,1-4H2,(H2,8,10);10H,1-4H2,(H2,9,11,12);1-4,9H2;1-5H2;;;2*1H2/q;;;;;;2*+1;;/p-2. The predicted octanol–water partition coefficient (Wildman–Crippen LogP) is 1.16. The molecule has 0 aromatic heterocycles. The van der Waals surface area contributed by atoms with Crippen LogP contribution in [0.1, 0.15) is 171 Å². The van der Waals surface area contributed by atoms with E-state index in [0.29, 0.717) is 60.0 Å². The van der Waals surface area contributed by atoms with Crippen molar-refractivity contribution in [3.8, 4) is 30.3 Å². The number of nitrogens with zero attached hydrogens (tertiary/aromatic N) is 7. The van der Waals surface area contributed by atoms with Gasteiger partial charge in [0.15, 0.2) is 0 Å². The van der Waals surface area contributed by atoms with E-state index >= 15 is 0 Å². The van der Waals surface area contributed by atoms with Gasteiger partial charge in [-0.3, -0.25) is 14.2 Å². The maximum atomic E-state index is 12.0. The summed E-state index contributed by atoms with van der Waals surface area (Å²) in [5.74, 6) is 1.69. The van der Waals surface area contributed by atoms with Crippen molar-refractivity contribution in [2.45, 2.75) is 161 Å². The van der Waals surface area contributed by atoms with Crippen molar-refractivity contribution in [3.05, 3.63) is 117 Å². The number of hydrogen-bond acceptors (Lipinski definition) is 18. The minimum atomic E-state index is -3.73. The van der Waals surface area contributed by atoms with Crippen LogP contribution in [0.2, 0.25) is 0 Å². The van der Waals surface area contributed by atoms with E-state index in [1.54, 1.807) is 12.1 Å². The third-order valence-corrected chi connectivity index (χ3v) is 13.8. The molecule has 15 N–H and O–H groups in total. The molecule has 0 bridgehead atoms. The number of carbonyl (C=O) groups is 1. The van der Waals surface area contributed by atoms with Gasteiger partial charge in [-0.2, -0.15) is 43.1 Å². The first-order chi connectivity index (χ1) is 36.3. The van der Waals surface area contributed by atoms with Gasteiger partial charge in [0.2, 0.25) is 0 Å². The quantitative estimate of drug-likeness (QED) is 0.117. The molecule has 422 valence electrons. The Kier molecular flexibility index (Phi) is 39.1. The van der Waals surface area contributed by atoms with Gasteiger partial charge >= 0.3 is 69.3 Å². The van der Waals surface area contributed by atoms with E-state index in [1.165, 1.54) is 24.1 Å². The van der Waals surface area contributed by atoms with Crippen molar-refractivity contribution < 1.29 is 91.7 Å². The summed E-state index contributed by atoms with van der Waals surface area (Å²) in [5.41, 5.74) is 25.7. The zero-order chi connectivity index (χ0) is 55.9. The van der Waals surface area contributed by atoms with Crippen LogP contribution in [0.5, 0.6) is 0 Å². The molecule has 23 nitrogen and oxygen atoms in total. The molecule has 1 aromatic rings. The van der Waals surface area contributed by atoms with Crippen LogP contribution in [0.4, 0.5) is 0 Å². The van der Waals surface area contributed by atoms with Crippen molar-refractivity contribution in [1.82, 2.24) is 25.4 Å². The molecule has 0 atom stereocenters. The summed E-state index contributed by atoms with van der Waals surface area (Å²) in [4.78, 5) is 16.1. The van der Waals surface area contributed by atoms with E-state index in [0.717, 1.165) is 156 Å². The Morgan fingerprint density at radius 3 is 1.62 bits per heavy atom. The summed E-state index contributed by atoms with van der Waals surface area (Å²) in [7, 11) is -7.27. The second-order valence-electron chi connectivity index (χ2n) is 18.3. The number of allylic oxidation sites excluding steroid dienone is 8. The molecule has 1 amide bonds. The van der Waals surface area contributed by atoms with Gasteiger partial charge < -0.3 is 44.1 Å². The summed E-state index contributed by atoms with van der Waals surface area (Å²) < 4.78 is 51.5. The molecule has 0 radical (unpaired) electrons. The second-order valence-corrected chi connectivity index (χ2v) is 20.9. The smallest absolute Gasteiger partial charge is 0.870 e. The molecule has 0 spiro atoms. The van der Waals surface area contributed by atoms with Crippen LogP contribution >= 0.6 is 0 Å². The predicted molar refractivity (Wildman–Crippen MR) is 297 cm³/mol. The summed E-state index contributed by atoms with van der Waals surface area (Å²) in [5, 5.41) is 56.2. The minimum Gasteiger partial charge on any atom is -0.870 e. The number of nitrogens with one attached hydrogen (secondary N) is 5. The molecule has 1 aromatic carbocycles. The molecule has 0 saturated heterocycles. The fourth-order valence-electron chi connectivity index (χ4n) is 8.54. The second kappa shape index (κ2) is 41.1. The Bertz CT molecular complexity index is 2920. The van der Waals surface area contributed by atoms with Gasteiger partial charge in [-0.1, -0.05) is 37.8 Å². The zero-order valence-electron chi connectivity index (χ0n) is 46.2. The maximum Gasteiger partial charge on any atom is 1.00 e. The number of amidine groups is 2. The zero-order valence-corrected chi connectivity index (χ0v) is 51.8. The van der Waals surface area contributed by atoms with E-state index in [2.05, 4.69) is 72.2 Å². The number of aliphatic imine (C=N–C) groups is 1. The van der Waals surface area contributed by atoms with Crippen molar-refractivity contribution in [3.63, 3.8) is 0 Å². The topological polar surface area (TPSA) is 453 Å². The monoisotopic (exact) mass is 1160 g/mol. The van der Waals surface area contributed by atoms with Gasteiger partial charge in [0.25, 0.3) is 16.1 Å². The molecule has 80 heavy (non-hydrogen) atoms. The van der Waals surface area contributed by atoms with Gasteiger partial charge in [-0.15, -0.1) is 4.40 Å². The summed E-state index contributed by atoms with van der Waals surface area (Å²) in [6.07, 6.45) is 23.2. The molecule has 0 fully saturated rings. The SMILES string of the molecule is C=C(NC(=O)c1ccccc1)NC1=C(C#N)CCCC1.C=C1N=C(N)C2=C(CCCC2)N1.N#CC1=C(N)CCCC1.N#CC1=C(NS(N)(=O)=O)CCCC1.N#CCCCCCC#N.NC1=NS(=O)(=O)NC2=C1CCCC2.[Na+].[Na+].[OH-].[OH-]. The molecule has 8 rings (SSSR count). The fourth-order valence-corrected chi connectivity index (χ4v) is 10.1. The van der Waals surface area contributed by atoms with Crippen molar-refractivity contribution in [1.29, 1.82) is 26.3 Å². The van der Waals surface area contributed by atoms with Crippen LogP contribution in [-0.4, -0.2) is 45.4 Å². The van der Waals surface area contributed by atoms with Crippen molar-refractivity contribution in [2.24, 2.45) is 31.7 Å². The molecule has 2 aliphatic heterocycles. The average molecular weight is 1160 g/mol.